The van der Waals surface area contributed by atoms with E-state index in [1.807, 2.05) is 36.4 Å². The normalized spacial score (nSPS) is 11.4. The Kier molecular flexibility index (Phi) is 8.81. The largest absolute Gasteiger partial charge is 0.309 e. The Labute approximate surface area is 370 Å². The SMILES string of the molecule is N#Cc1ccc(-c2nc(-c3ccccc3)cc(-c3ccc(-c4ccc(-c5ccc(-n6c7ccccc7c7cc(-n8c9ccccc9c9ccccc98)ccc76)cc5)cc4)cc3)n2)cc1. The van der Waals surface area contributed by atoms with Gasteiger partial charge in [-0.15, -0.1) is 0 Å². The van der Waals surface area contributed by atoms with Crippen molar-refractivity contribution in [2.75, 3.05) is 0 Å². The summed E-state index contributed by atoms with van der Waals surface area (Å²) in [6.07, 6.45) is 0. The fourth-order valence-corrected chi connectivity index (χ4v) is 9.25. The van der Waals surface area contributed by atoms with Crippen LogP contribution in [0.3, 0.4) is 0 Å². The highest BCUT2D eigenvalue weighted by atomic mass is 15.0. The number of fused-ring (bicyclic) bond motifs is 6. The lowest BCUT2D eigenvalue weighted by molar-refractivity contribution is 1.17. The quantitative estimate of drug-likeness (QED) is 0.161. The minimum atomic E-state index is 0.603. The zero-order valence-electron chi connectivity index (χ0n) is 34.6. The van der Waals surface area contributed by atoms with Crippen LogP contribution in [0.15, 0.2) is 224 Å². The predicted octanol–water partition coefficient (Wildman–Crippen LogP) is 14.9. The van der Waals surface area contributed by atoms with Gasteiger partial charge in [0.05, 0.1) is 45.1 Å². The van der Waals surface area contributed by atoms with Crippen LogP contribution in [-0.2, 0) is 0 Å². The van der Waals surface area contributed by atoms with Crippen LogP contribution in [-0.4, -0.2) is 19.1 Å². The Morgan fingerprint density at radius 1 is 0.312 bits per heavy atom. The van der Waals surface area contributed by atoms with Gasteiger partial charge in [0, 0.05) is 49.6 Å². The van der Waals surface area contributed by atoms with Crippen molar-refractivity contribution >= 4 is 43.6 Å². The summed E-state index contributed by atoms with van der Waals surface area (Å²) in [7, 11) is 0. The van der Waals surface area contributed by atoms with Crippen molar-refractivity contribution in [2.45, 2.75) is 0 Å². The Hall–Kier alpha value is -8.85. The van der Waals surface area contributed by atoms with E-state index in [-0.39, 0.29) is 0 Å². The third kappa shape index (κ3) is 6.33. The van der Waals surface area contributed by atoms with E-state index in [1.165, 1.54) is 43.6 Å². The molecule has 0 unspecified atom stereocenters. The minimum Gasteiger partial charge on any atom is -0.309 e. The molecule has 0 radical (unpaired) electrons. The van der Waals surface area contributed by atoms with Crippen molar-refractivity contribution in [3.8, 4) is 73.6 Å². The average molecular weight is 816 g/mol. The van der Waals surface area contributed by atoms with Gasteiger partial charge >= 0.3 is 0 Å². The molecule has 0 N–H and O–H groups in total. The van der Waals surface area contributed by atoms with Gasteiger partial charge in [-0.3, -0.25) is 0 Å². The molecular weight excluding hydrogens is 779 g/mol. The second kappa shape index (κ2) is 15.3. The first kappa shape index (κ1) is 37.0. The molecule has 5 nitrogen and oxygen atoms in total. The Morgan fingerprint density at radius 2 is 0.703 bits per heavy atom. The van der Waals surface area contributed by atoms with Crippen LogP contribution >= 0.6 is 0 Å². The van der Waals surface area contributed by atoms with Crippen molar-refractivity contribution in [3.05, 3.63) is 230 Å². The molecule has 0 bridgehead atoms. The highest BCUT2D eigenvalue weighted by Crippen LogP contribution is 2.38. The molecule has 12 rings (SSSR count). The van der Waals surface area contributed by atoms with Crippen LogP contribution in [0.25, 0.3) is 111 Å². The molecular formula is C59H37N5. The summed E-state index contributed by atoms with van der Waals surface area (Å²) in [5, 5.41) is 14.3. The lowest BCUT2D eigenvalue weighted by Crippen LogP contribution is -1.96. The predicted molar refractivity (Wildman–Crippen MR) is 263 cm³/mol. The molecule has 298 valence electrons. The van der Waals surface area contributed by atoms with E-state index in [9.17, 15) is 5.26 Å². The second-order valence-electron chi connectivity index (χ2n) is 16.1. The first-order valence-electron chi connectivity index (χ1n) is 21.5. The van der Waals surface area contributed by atoms with Crippen LogP contribution in [0.5, 0.6) is 0 Å². The summed E-state index contributed by atoms with van der Waals surface area (Å²) in [6.45, 7) is 0. The third-order valence-electron chi connectivity index (χ3n) is 12.4. The second-order valence-corrected chi connectivity index (χ2v) is 16.1. The van der Waals surface area contributed by atoms with Crippen LogP contribution < -0.4 is 0 Å². The summed E-state index contributed by atoms with van der Waals surface area (Å²) in [4.78, 5) is 9.91. The first-order valence-corrected chi connectivity index (χ1v) is 21.5. The average Bonchev–Trinajstić information content (AvgIpc) is 3.89. The van der Waals surface area contributed by atoms with E-state index < -0.39 is 0 Å². The van der Waals surface area contributed by atoms with E-state index in [4.69, 9.17) is 9.97 Å². The molecule has 12 aromatic rings. The number of nitrogens with zero attached hydrogens (tertiary/aromatic N) is 5. The summed E-state index contributed by atoms with van der Waals surface area (Å²) in [6, 6.07) is 81.1. The fourth-order valence-electron chi connectivity index (χ4n) is 9.25. The summed E-state index contributed by atoms with van der Waals surface area (Å²) < 4.78 is 4.78. The lowest BCUT2D eigenvalue weighted by Gasteiger charge is -2.11. The first-order chi connectivity index (χ1) is 31.7. The molecule has 64 heavy (non-hydrogen) atoms. The molecule has 0 saturated carbocycles. The van der Waals surface area contributed by atoms with Gasteiger partial charge in [0.15, 0.2) is 5.82 Å². The van der Waals surface area contributed by atoms with E-state index in [0.717, 1.165) is 61.7 Å². The molecule has 3 aromatic heterocycles. The molecule has 9 aromatic carbocycles. The maximum atomic E-state index is 9.33. The maximum absolute atomic E-state index is 9.33. The summed E-state index contributed by atoms with van der Waals surface area (Å²) in [5.74, 6) is 0.619. The molecule has 0 amide bonds. The number of hydrogen-bond acceptors (Lipinski definition) is 3. The van der Waals surface area contributed by atoms with Gasteiger partial charge in [0.1, 0.15) is 0 Å². The van der Waals surface area contributed by atoms with Gasteiger partial charge in [-0.1, -0.05) is 146 Å². The number of hydrogen-bond donors (Lipinski definition) is 0. The van der Waals surface area contributed by atoms with Crippen molar-refractivity contribution < 1.29 is 0 Å². The summed E-state index contributed by atoms with van der Waals surface area (Å²) >= 11 is 0. The smallest absolute Gasteiger partial charge is 0.160 e. The van der Waals surface area contributed by atoms with Crippen LogP contribution in [0.4, 0.5) is 0 Å². The van der Waals surface area contributed by atoms with E-state index in [2.05, 4.69) is 191 Å². The molecule has 0 spiro atoms. The summed E-state index contributed by atoms with van der Waals surface area (Å²) in [5.41, 5.74) is 16.8. The van der Waals surface area contributed by atoms with Crippen LogP contribution in [0.1, 0.15) is 5.56 Å². The number of rotatable bonds is 7. The van der Waals surface area contributed by atoms with Crippen molar-refractivity contribution in [1.29, 1.82) is 5.26 Å². The number of nitriles is 1. The van der Waals surface area contributed by atoms with Crippen molar-refractivity contribution in [1.82, 2.24) is 19.1 Å². The number of para-hydroxylation sites is 3. The third-order valence-corrected chi connectivity index (χ3v) is 12.4. The van der Waals surface area contributed by atoms with Crippen LogP contribution in [0, 0.1) is 11.3 Å². The van der Waals surface area contributed by atoms with Gasteiger partial charge in [-0.2, -0.15) is 5.26 Å². The molecule has 0 aliphatic carbocycles. The molecule has 0 aliphatic heterocycles. The number of aromatic nitrogens is 4. The van der Waals surface area contributed by atoms with Crippen molar-refractivity contribution in [2.24, 2.45) is 0 Å². The van der Waals surface area contributed by atoms with E-state index >= 15 is 0 Å². The maximum Gasteiger partial charge on any atom is 0.160 e. The Balaban J connectivity index is 0.833. The van der Waals surface area contributed by atoms with Gasteiger partial charge in [-0.05, 0) is 101 Å². The molecule has 0 atom stereocenters. The molecule has 0 saturated heterocycles. The van der Waals surface area contributed by atoms with Gasteiger partial charge < -0.3 is 9.13 Å². The van der Waals surface area contributed by atoms with E-state index in [0.29, 0.717) is 11.4 Å². The molecule has 0 fully saturated rings. The van der Waals surface area contributed by atoms with Gasteiger partial charge in [-0.25, -0.2) is 9.97 Å². The molecule has 5 heteroatoms. The minimum absolute atomic E-state index is 0.603. The monoisotopic (exact) mass is 815 g/mol. The molecule has 0 aliphatic rings. The van der Waals surface area contributed by atoms with Crippen molar-refractivity contribution in [3.63, 3.8) is 0 Å². The Morgan fingerprint density at radius 3 is 1.23 bits per heavy atom. The van der Waals surface area contributed by atoms with Crippen LogP contribution in [0.2, 0.25) is 0 Å². The highest BCUT2D eigenvalue weighted by molar-refractivity contribution is 6.12. The van der Waals surface area contributed by atoms with Gasteiger partial charge in [0.2, 0.25) is 0 Å². The highest BCUT2D eigenvalue weighted by Gasteiger charge is 2.17. The molecule has 3 heterocycles. The fraction of sp³-hybridized carbons (Fsp3) is 0. The zero-order chi connectivity index (χ0) is 42.6. The standard InChI is InChI=1S/C59H37N5/c60-38-39-18-20-46(21-19-39)59-61-53(44-10-2-1-3-11-44)37-54(62-59)45-28-26-42(27-29-45)40-22-24-41(25-23-40)43-30-32-47(33-31-43)63-57-17-9-6-14-51(57)52-36-48(34-35-58(52)63)64-55-15-7-4-12-49(55)50-13-5-8-16-56(50)64/h1-37H. The topological polar surface area (TPSA) is 59.4 Å². The Bertz CT molecular complexity index is 3690. The zero-order valence-corrected chi connectivity index (χ0v) is 34.6. The van der Waals surface area contributed by atoms with E-state index in [1.54, 1.807) is 12.1 Å². The van der Waals surface area contributed by atoms with Gasteiger partial charge in [0.25, 0.3) is 0 Å². The number of benzene rings is 9. The lowest BCUT2D eigenvalue weighted by atomic mass is 9.98.